The van der Waals surface area contributed by atoms with Gasteiger partial charge in [0.15, 0.2) is 6.10 Å². The van der Waals surface area contributed by atoms with E-state index in [9.17, 15) is 27.4 Å². The second kappa shape index (κ2) is 33.1. The topological polar surface area (TPSA) is 164 Å². The maximum absolute atomic E-state index is 15.1. The first kappa shape index (κ1) is 65.1. The quantitative estimate of drug-likeness (QED) is 0.0216. The first-order valence-corrected chi connectivity index (χ1v) is 27.2. The van der Waals surface area contributed by atoms with Gasteiger partial charge in [-0.1, -0.05) is 204 Å². The minimum atomic E-state index is -5.47. The van der Waals surface area contributed by atoms with Crippen molar-refractivity contribution in [1.29, 1.82) is 0 Å². The fourth-order valence-corrected chi connectivity index (χ4v) is 8.89. The van der Waals surface area contributed by atoms with Gasteiger partial charge in [0.2, 0.25) is 0 Å². The average Bonchev–Trinajstić information content (AvgIpc) is 3.31. The van der Waals surface area contributed by atoms with E-state index in [0.29, 0.717) is 45.3 Å². The van der Waals surface area contributed by atoms with E-state index >= 15 is 26.3 Å². The highest BCUT2D eigenvalue weighted by Gasteiger charge is 2.65. The third-order valence-corrected chi connectivity index (χ3v) is 13.2. The highest BCUT2D eigenvalue weighted by Crippen LogP contribution is 2.45. The van der Waals surface area contributed by atoms with Crippen molar-refractivity contribution in [1.82, 2.24) is 5.32 Å². The lowest BCUT2D eigenvalue weighted by atomic mass is 9.92. The molecular formula is C54H81F6NO11S. The standard InChI is InChI=1S/C54H81F6NO11S/c1-41(2)32-24-18-14-10-8-7-9-11-16-20-30-38-46(71-49(63)51(68-5,53(55,56)57)43-34-26-22-27-35-43)45(40-70-73(65,66)67)61-48(62)47(39-31-21-17-13-12-15-19-25-33-42(3)4)72-50(64)52(69-6,54(58,59)60)44-36-28-23-29-37-44/h22-23,26-30,34-38,41-42,45-47H,7-21,24-25,31-33,39-40H2,1-6H3,(H,61,62)(H,65,66,67)/b38-30+/t45-,46+,47+,51+,52+/m0/s1. The normalized spacial score (nSPS) is 15.4. The monoisotopic (exact) mass is 1070 g/mol. The molecule has 19 heteroatoms. The number of unbranched alkanes of at least 4 members (excludes halogenated alkanes) is 16. The molecule has 73 heavy (non-hydrogen) atoms. The van der Waals surface area contributed by atoms with Crippen LogP contribution in [0.2, 0.25) is 0 Å². The molecule has 2 N–H and O–H groups in total. The first-order valence-electron chi connectivity index (χ1n) is 25.8. The second-order valence-electron chi connectivity index (χ2n) is 19.5. The summed E-state index contributed by atoms with van der Waals surface area (Å²) in [4.78, 5) is 42.4. The van der Waals surface area contributed by atoms with Crippen molar-refractivity contribution in [3.8, 4) is 0 Å². The van der Waals surface area contributed by atoms with Gasteiger partial charge in [0, 0.05) is 25.3 Å². The highest BCUT2D eigenvalue weighted by molar-refractivity contribution is 7.80. The molecular weight excluding hydrogens is 985 g/mol. The molecule has 416 valence electrons. The summed E-state index contributed by atoms with van der Waals surface area (Å²) in [7, 11) is -4.09. The molecule has 0 aliphatic rings. The Kier molecular flexibility index (Phi) is 29.5. The molecule has 0 aromatic heterocycles. The molecule has 2 rings (SSSR count). The number of alkyl halides is 6. The van der Waals surface area contributed by atoms with Crippen LogP contribution >= 0.6 is 0 Å². The third-order valence-electron chi connectivity index (χ3n) is 12.7. The van der Waals surface area contributed by atoms with Gasteiger partial charge in [0.25, 0.3) is 17.1 Å². The Bertz CT molecular complexity index is 2000. The number of hydrogen-bond acceptors (Lipinski definition) is 10. The van der Waals surface area contributed by atoms with E-state index < -0.39 is 87.8 Å². The number of allylic oxidation sites excluding steroid dienone is 1. The number of methoxy groups -OCH3 is 2. The smallest absolute Gasteiger partial charge is 0.432 e. The largest absolute Gasteiger partial charge is 0.453 e. The van der Waals surface area contributed by atoms with Gasteiger partial charge < -0.3 is 24.3 Å². The number of carbonyl (C=O) groups is 3. The zero-order valence-electron chi connectivity index (χ0n) is 43.6. The van der Waals surface area contributed by atoms with E-state index in [1.165, 1.54) is 61.7 Å². The van der Waals surface area contributed by atoms with Crippen LogP contribution in [-0.4, -0.2) is 82.2 Å². The van der Waals surface area contributed by atoms with E-state index in [1.54, 1.807) is 0 Å². The van der Waals surface area contributed by atoms with Crippen LogP contribution in [0.15, 0.2) is 72.8 Å². The molecule has 0 radical (unpaired) electrons. The van der Waals surface area contributed by atoms with Gasteiger partial charge in [-0.15, -0.1) is 0 Å². The molecule has 0 aliphatic carbocycles. The molecule has 1 amide bonds. The van der Waals surface area contributed by atoms with Gasteiger partial charge in [-0.25, -0.2) is 13.8 Å². The molecule has 0 saturated heterocycles. The van der Waals surface area contributed by atoms with Crippen LogP contribution in [0.1, 0.15) is 174 Å². The van der Waals surface area contributed by atoms with Gasteiger partial charge in [-0.3, -0.25) is 9.35 Å². The summed E-state index contributed by atoms with van der Waals surface area (Å²) < 4.78 is 149. The van der Waals surface area contributed by atoms with Crippen molar-refractivity contribution in [2.75, 3.05) is 20.8 Å². The molecule has 0 aliphatic heterocycles. The zero-order chi connectivity index (χ0) is 54.6. The van der Waals surface area contributed by atoms with Crippen LogP contribution in [0.3, 0.4) is 0 Å². The molecule has 0 spiro atoms. The van der Waals surface area contributed by atoms with Crippen molar-refractivity contribution in [3.05, 3.63) is 83.9 Å². The summed E-state index contributed by atoms with van der Waals surface area (Å²) in [5.74, 6) is -4.15. The number of carbonyl (C=O) groups excluding carboxylic acids is 3. The zero-order valence-corrected chi connectivity index (χ0v) is 44.4. The first-order chi connectivity index (χ1) is 34.5. The number of benzene rings is 2. The Balaban J connectivity index is 2.55. The molecule has 0 unspecified atom stereocenters. The second-order valence-corrected chi connectivity index (χ2v) is 20.6. The van der Waals surface area contributed by atoms with E-state index in [0.717, 1.165) is 107 Å². The summed E-state index contributed by atoms with van der Waals surface area (Å²) >= 11 is 0. The average molecular weight is 1070 g/mol. The third kappa shape index (κ3) is 22.4. The summed E-state index contributed by atoms with van der Waals surface area (Å²) in [5.41, 5.74) is -8.86. The predicted octanol–water partition coefficient (Wildman–Crippen LogP) is 13.4. The van der Waals surface area contributed by atoms with E-state index in [-0.39, 0.29) is 19.3 Å². The molecule has 5 atom stereocenters. The Hall–Kier alpha value is -4.04. The number of nitrogens with one attached hydrogen (secondary N) is 1. The Morgan fingerprint density at radius 2 is 0.945 bits per heavy atom. The van der Waals surface area contributed by atoms with Gasteiger partial charge in [-0.05, 0) is 43.6 Å². The van der Waals surface area contributed by atoms with Crippen molar-refractivity contribution in [2.45, 2.75) is 204 Å². The van der Waals surface area contributed by atoms with E-state index in [1.807, 2.05) is 0 Å². The van der Waals surface area contributed by atoms with Crippen LogP contribution in [0, 0.1) is 11.8 Å². The van der Waals surface area contributed by atoms with E-state index in [4.69, 9.17) is 18.9 Å². The van der Waals surface area contributed by atoms with Crippen LogP contribution in [0.5, 0.6) is 0 Å². The minimum absolute atomic E-state index is 0.137. The maximum Gasteiger partial charge on any atom is 0.432 e. The van der Waals surface area contributed by atoms with Crippen molar-refractivity contribution < 1.29 is 76.8 Å². The summed E-state index contributed by atoms with van der Waals surface area (Å²) in [5, 5.41) is 2.29. The number of esters is 2. The Morgan fingerprint density at radius 3 is 1.32 bits per heavy atom. The highest BCUT2D eigenvalue weighted by atomic mass is 32.3. The maximum atomic E-state index is 15.1. The van der Waals surface area contributed by atoms with Gasteiger partial charge in [0.1, 0.15) is 6.10 Å². The lowest BCUT2D eigenvalue weighted by Gasteiger charge is -2.35. The SMILES string of the molecule is CO[C@@](C(=O)O[C@H](CCCCCCCCCCC(C)C)C(=O)N[C@@H](COS(=O)(=O)O)[C@@H](/C=C/CCCCCCCCCCCC(C)C)OC(=O)[C@](OC)(c1ccccc1)C(F)(F)F)(c1ccccc1)C(F)(F)F. The number of halogens is 6. The number of hydrogen-bond donors (Lipinski definition) is 2. The molecule has 12 nitrogen and oxygen atoms in total. The van der Waals surface area contributed by atoms with Gasteiger partial charge in [0.05, 0.1) is 12.6 Å². The number of amides is 1. The summed E-state index contributed by atoms with van der Waals surface area (Å²) in [6, 6.07) is 9.64. The fraction of sp³-hybridized carbons (Fsp3) is 0.685. The molecule has 0 heterocycles. The molecule has 2 aromatic carbocycles. The van der Waals surface area contributed by atoms with Crippen LogP contribution in [-0.2, 0) is 59.1 Å². The van der Waals surface area contributed by atoms with E-state index in [2.05, 4.69) is 37.2 Å². The molecule has 0 bridgehead atoms. The molecule has 0 fully saturated rings. The van der Waals surface area contributed by atoms with Gasteiger partial charge >= 0.3 is 34.7 Å². The minimum Gasteiger partial charge on any atom is -0.453 e. The Labute approximate surface area is 430 Å². The molecule has 0 saturated carbocycles. The fourth-order valence-electron chi connectivity index (χ4n) is 8.57. The summed E-state index contributed by atoms with van der Waals surface area (Å²) in [6.45, 7) is 7.42. The van der Waals surface area contributed by atoms with Crippen molar-refractivity contribution in [2.24, 2.45) is 11.8 Å². The lowest BCUT2D eigenvalue weighted by molar-refractivity contribution is -0.278. The summed E-state index contributed by atoms with van der Waals surface area (Å²) in [6.07, 6.45) is 4.79. The van der Waals surface area contributed by atoms with Crippen molar-refractivity contribution in [3.63, 3.8) is 0 Å². The molecule has 2 aromatic rings. The van der Waals surface area contributed by atoms with Gasteiger partial charge in [-0.2, -0.15) is 34.8 Å². The number of rotatable bonds is 38. The van der Waals surface area contributed by atoms with Crippen LogP contribution in [0.25, 0.3) is 0 Å². The lowest BCUT2D eigenvalue weighted by Crippen LogP contribution is -2.57. The van der Waals surface area contributed by atoms with Crippen molar-refractivity contribution >= 4 is 28.2 Å². The number of ether oxygens (including phenoxy) is 4. The Morgan fingerprint density at radius 1 is 0.575 bits per heavy atom. The van der Waals surface area contributed by atoms with Crippen LogP contribution < -0.4 is 5.32 Å². The van der Waals surface area contributed by atoms with Crippen LogP contribution in [0.4, 0.5) is 26.3 Å². The predicted molar refractivity (Wildman–Crippen MR) is 267 cm³/mol.